The van der Waals surface area contributed by atoms with Crippen molar-refractivity contribution in [3.05, 3.63) is 91.6 Å². The van der Waals surface area contributed by atoms with Crippen LogP contribution in [0.4, 0.5) is 0 Å². The van der Waals surface area contributed by atoms with Crippen LogP contribution in [-0.2, 0) is 0 Å². The van der Waals surface area contributed by atoms with Crippen molar-refractivity contribution in [1.82, 2.24) is 19.1 Å². The van der Waals surface area contributed by atoms with Gasteiger partial charge in [0.25, 0.3) is 5.56 Å². The first-order chi connectivity index (χ1) is 15.9. The van der Waals surface area contributed by atoms with Gasteiger partial charge in [0.05, 0.1) is 35.9 Å². The van der Waals surface area contributed by atoms with Crippen molar-refractivity contribution in [1.29, 1.82) is 0 Å². The normalized spacial score (nSPS) is 11.3. The van der Waals surface area contributed by atoms with E-state index >= 15 is 0 Å². The molecule has 0 bridgehead atoms. The molecule has 2 aromatic carbocycles. The number of nitrogens with zero attached hydrogens (tertiary/aromatic N) is 3. The number of aromatic amines is 1. The van der Waals surface area contributed by atoms with Gasteiger partial charge in [0.1, 0.15) is 10.6 Å². The average molecular weight is 523 g/mol. The van der Waals surface area contributed by atoms with E-state index in [0.29, 0.717) is 21.7 Å². The minimum Gasteiger partial charge on any atom is -0.495 e. The number of aromatic nitrogens is 4. The van der Waals surface area contributed by atoms with Crippen LogP contribution in [0.5, 0.6) is 5.75 Å². The molecule has 0 unspecified atom stereocenters. The van der Waals surface area contributed by atoms with E-state index in [1.807, 2.05) is 42.8 Å². The summed E-state index contributed by atoms with van der Waals surface area (Å²) in [5, 5.41) is 0.505. The van der Waals surface area contributed by atoms with Crippen molar-refractivity contribution in [2.75, 3.05) is 7.11 Å². The van der Waals surface area contributed by atoms with Crippen molar-refractivity contribution in [3.8, 4) is 27.6 Å². The highest BCUT2D eigenvalue weighted by Gasteiger charge is 2.19. The molecule has 1 N–H and O–H groups in total. The largest absolute Gasteiger partial charge is 0.495 e. The molecule has 7 nitrogen and oxygen atoms in total. The Kier molecular flexibility index (Phi) is 5.30. The standard InChI is InChI=1S/C24H19BrN4O3S/c1-13-11-28(12-26-13)18-9-4-15(10-19(18)32-3)21-14(2)20-22(33-21)27-24(31)29(23(20)30)17-7-5-16(25)6-8-17/h4-12H,1-3H3,(H,27,31). The van der Waals surface area contributed by atoms with E-state index in [1.165, 1.54) is 15.9 Å². The van der Waals surface area contributed by atoms with Crippen LogP contribution in [0.15, 0.2) is 69.1 Å². The molecule has 9 heteroatoms. The molecule has 0 radical (unpaired) electrons. The van der Waals surface area contributed by atoms with Crippen LogP contribution in [0.1, 0.15) is 11.3 Å². The summed E-state index contributed by atoms with van der Waals surface area (Å²) in [5.74, 6) is 0.683. The van der Waals surface area contributed by atoms with E-state index in [4.69, 9.17) is 4.74 Å². The van der Waals surface area contributed by atoms with Crippen molar-refractivity contribution >= 4 is 37.5 Å². The summed E-state index contributed by atoms with van der Waals surface area (Å²) in [7, 11) is 1.62. The number of aryl methyl sites for hydroxylation is 2. The van der Waals surface area contributed by atoms with Crippen LogP contribution in [0.25, 0.3) is 32.0 Å². The molecular formula is C24H19BrN4O3S. The molecule has 166 valence electrons. The zero-order valence-electron chi connectivity index (χ0n) is 18.0. The Balaban J connectivity index is 1.68. The predicted molar refractivity (Wildman–Crippen MR) is 134 cm³/mol. The van der Waals surface area contributed by atoms with Crippen LogP contribution in [0.2, 0.25) is 0 Å². The van der Waals surface area contributed by atoms with Crippen LogP contribution in [-0.4, -0.2) is 26.2 Å². The van der Waals surface area contributed by atoms with Gasteiger partial charge >= 0.3 is 5.69 Å². The number of thiophene rings is 1. The number of fused-ring (bicyclic) bond motifs is 1. The molecule has 0 saturated carbocycles. The van der Waals surface area contributed by atoms with Gasteiger partial charge in [0.15, 0.2) is 0 Å². The molecule has 3 aromatic heterocycles. The number of imidazole rings is 1. The zero-order valence-corrected chi connectivity index (χ0v) is 20.5. The molecular weight excluding hydrogens is 504 g/mol. The first kappa shape index (κ1) is 21.4. The maximum atomic E-state index is 13.4. The Morgan fingerprint density at radius 3 is 2.52 bits per heavy atom. The van der Waals surface area contributed by atoms with E-state index < -0.39 is 5.69 Å². The minimum absolute atomic E-state index is 0.339. The van der Waals surface area contributed by atoms with E-state index in [-0.39, 0.29) is 5.56 Å². The van der Waals surface area contributed by atoms with Gasteiger partial charge in [-0.05, 0) is 61.4 Å². The summed E-state index contributed by atoms with van der Waals surface area (Å²) in [6.07, 6.45) is 3.67. The number of H-pyrrole nitrogens is 1. The SMILES string of the molecule is COc1cc(-c2sc3[nH]c(=O)n(-c4ccc(Br)cc4)c(=O)c3c2C)ccc1-n1cnc(C)c1. The maximum absolute atomic E-state index is 13.4. The summed E-state index contributed by atoms with van der Waals surface area (Å²) in [6.45, 7) is 3.83. The molecule has 5 aromatic rings. The molecule has 3 heterocycles. The molecule has 0 saturated heterocycles. The highest BCUT2D eigenvalue weighted by Crippen LogP contribution is 2.38. The smallest absolute Gasteiger partial charge is 0.334 e. The minimum atomic E-state index is -0.467. The monoisotopic (exact) mass is 522 g/mol. The third-order valence-electron chi connectivity index (χ3n) is 5.50. The number of nitrogens with one attached hydrogen (secondary N) is 1. The molecule has 33 heavy (non-hydrogen) atoms. The lowest BCUT2D eigenvalue weighted by atomic mass is 10.1. The number of methoxy groups -OCH3 is 1. The first-order valence-electron chi connectivity index (χ1n) is 10.1. The van der Waals surface area contributed by atoms with E-state index in [0.717, 1.165) is 31.9 Å². The van der Waals surface area contributed by atoms with Gasteiger partial charge < -0.3 is 9.30 Å². The van der Waals surface area contributed by atoms with E-state index in [2.05, 4.69) is 25.9 Å². The number of benzene rings is 2. The molecule has 0 fully saturated rings. The second kappa shape index (κ2) is 8.17. The number of rotatable bonds is 4. The summed E-state index contributed by atoms with van der Waals surface area (Å²) in [6, 6.07) is 12.9. The second-order valence-corrected chi connectivity index (χ2v) is 9.55. The zero-order chi connectivity index (χ0) is 23.3. The molecule has 5 rings (SSSR count). The van der Waals surface area contributed by atoms with E-state index in [9.17, 15) is 9.59 Å². The van der Waals surface area contributed by atoms with E-state index in [1.54, 1.807) is 37.7 Å². The van der Waals surface area contributed by atoms with Gasteiger partial charge in [-0.15, -0.1) is 11.3 Å². The van der Waals surface area contributed by atoms with Crippen molar-refractivity contribution in [2.24, 2.45) is 0 Å². The first-order valence-corrected chi connectivity index (χ1v) is 11.7. The average Bonchev–Trinajstić information content (AvgIpc) is 3.37. The fraction of sp³-hybridized carbons (Fsp3) is 0.125. The van der Waals surface area contributed by atoms with Crippen molar-refractivity contribution in [2.45, 2.75) is 13.8 Å². The highest BCUT2D eigenvalue weighted by atomic mass is 79.9. The predicted octanol–water partition coefficient (Wildman–Crippen LogP) is 4.98. The Hall–Kier alpha value is -3.43. The number of hydrogen-bond acceptors (Lipinski definition) is 5. The van der Waals surface area contributed by atoms with Gasteiger partial charge in [0, 0.05) is 15.5 Å². The van der Waals surface area contributed by atoms with Gasteiger partial charge in [0.2, 0.25) is 0 Å². The number of halogens is 1. The summed E-state index contributed by atoms with van der Waals surface area (Å²) in [4.78, 5) is 34.8. The van der Waals surface area contributed by atoms with Crippen molar-refractivity contribution < 1.29 is 4.74 Å². The second-order valence-electron chi connectivity index (χ2n) is 7.62. The lowest BCUT2D eigenvalue weighted by molar-refractivity contribution is 0.413. The lowest BCUT2D eigenvalue weighted by Crippen LogP contribution is -2.33. The van der Waals surface area contributed by atoms with Crippen LogP contribution in [0, 0.1) is 13.8 Å². The van der Waals surface area contributed by atoms with Gasteiger partial charge in [-0.1, -0.05) is 22.0 Å². The molecule has 0 atom stereocenters. The molecule has 0 spiro atoms. The van der Waals surface area contributed by atoms with Crippen LogP contribution < -0.4 is 16.0 Å². The Labute approximate surface area is 201 Å². The summed E-state index contributed by atoms with van der Waals surface area (Å²) < 4.78 is 9.59. The summed E-state index contributed by atoms with van der Waals surface area (Å²) in [5.41, 5.74) is 3.20. The van der Waals surface area contributed by atoms with Gasteiger partial charge in [-0.3, -0.25) is 9.78 Å². The Bertz CT molecular complexity index is 1630. The third-order valence-corrected chi connectivity index (χ3v) is 7.29. The number of hydrogen-bond donors (Lipinski definition) is 1. The van der Waals surface area contributed by atoms with Gasteiger partial charge in [-0.25, -0.2) is 14.3 Å². The third kappa shape index (κ3) is 3.63. The molecule has 0 aliphatic heterocycles. The highest BCUT2D eigenvalue weighted by molar-refractivity contribution is 9.10. The Morgan fingerprint density at radius 1 is 1.09 bits per heavy atom. The van der Waals surface area contributed by atoms with Crippen molar-refractivity contribution in [3.63, 3.8) is 0 Å². The molecule has 0 aliphatic carbocycles. The quantitative estimate of drug-likeness (QED) is 0.360. The van der Waals surface area contributed by atoms with Crippen LogP contribution >= 0.6 is 27.3 Å². The Morgan fingerprint density at radius 2 is 1.85 bits per heavy atom. The molecule has 0 aliphatic rings. The lowest BCUT2D eigenvalue weighted by Gasteiger charge is -2.11. The fourth-order valence-electron chi connectivity index (χ4n) is 3.90. The summed E-state index contributed by atoms with van der Waals surface area (Å²) >= 11 is 4.77. The van der Waals surface area contributed by atoms with Crippen LogP contribution in [0.3, 0.4) is 0 Å². The number of ether oxygens (including phenoxy) is 1. The molecule has 0 amide bonds. The van der Waals surface area contributed by atoms with Gasteiger partial charge in [-0.2, -0.15) is 0 Å². The maximum Gasteiger partial charge on any atom is 0.334 e. The fourth-order valence-corrected chi connectivity index (χ4v) is 5.35. The topological polar surface area (TPSA) is 81.9 Å².